The Morgan fingerprint density at radius 1 is 1.33 bits per heavy atom. The Bertz CT molecular complexity index is 353. The molecule has 3 heteroatoms. The zero-order valence-electron chi connectivity index (χ0n) is 9.83. The molecule has 15 heavy (non-hydrogen) atoms. The molecule has 0 aliphatic carbocycles. The van der Waals surface area contributed by atoms with Crippen LogP contribution in [0.2, 0.25) is 0 Å². The number of aliphatic hydroxyl groups is 1. The zero-order valence-corrected chi connectivity index (χ0v) is 9.83. The topological polar surface area (TPSA) is 53.4 Å². The van der Waals surface area contributed by atoms with Crippen LogP contribution in [0.25, 0.3) is 0 Å². The van der Waals surface area contributed by atoms with Gasteiger partial charge in [0.2, 0.25) is 0 Å². The fourth-order valence-corrected chi connectivity index (χ4v) is 1.58. The second kappa shape index (κ2) is 4.19. The van der Waals surface area contributed by atoms with Gasteiger partial charge in [0.1, 0.15) is 5.75 Å². The first kappa shape index (κ1) is 12.0. The average molecular weight is 209 g/mol. The first-order valence-electron chi connectivity index (χ1n) is 5.12. The van der Waals surface area contributed by atoms with Gasteiger partial charge in [-0.05, 0) is 24.3 Å². The molecule has 0 fully saturated rings. The van der Waals surface area contributed by atoms with E-state index >= 15 is 0 Å². The molecule has 2 N–H and O–H groups in total. The van der Waals surface area contributed by atoms with Gasteiger partial charge in [-0.2, -0.15) is 0 Å². The van der Waals surface area contributed by atoms with Crippen molar-refractivity contribution in [3.63, 3.8) is 0 Å². The predicted octanol–water partition coefficient (Wildman–Crippen LogP) is 2.18. The summed E-state index contributed by atoms with van der Waals surface area (Å²) >= 11 is 0. The Kier molecular flexibility index (Phi) is 3.35. The van der Waals surface area contributed by atoms with Crippen LogP contribution in [0.3, 0.4) is 0 Å². The van der Waals surface area contributed by atoms with Crippen LogP contribution in [-0.4, -0.2) is 15.2 Å². The molecule has 0 atom stereocenters. The lowest BCUT2D eigenvalue weighted by Gasteiger charge is -2.20. The molecule has 1 aromatic rings. The van der Waals surface area contributed by atoms with E-state index in [1.54, 1.807) is 13.1 Å². The molecule has 0 spiro atoms. The molecule has 0 unspecified atom stereocenters. The molecule has 0 aliphatic rings. The van der Waals surface area contributed by atoms with Crippen LogP contribution in [-0.2, 0) is 13.0 Å². The van der Waals surface area contributed by atoms with Crippen molar-refractivity contribution in [1.29, 1.82) is 0 Å². The molecule has 1 rings (SSSR count). The van der Waals surface area contributed by atoms with E-state index in [1.165, 1.54) is 0 Å². The van der Waals surface area contributed by atoms with Crippen LogP contribution in [0.15, 0.2) is 6.20 Å². The minimum atomic E-state index is -0.138. The third kappa shape index (κ3) is 2.93. The van der Waals surface area contributed by atoms with Crippen molar-refractivity contribution in [2.45, 2.75) is 40.7 Å². The fourth-order valence-electron chi connectivity index (χ4n) is 1.58. The van der Waals surface area contributed by atoms with E-state index in [0.717, 1.165) is 12.0 Å². The predicted molar refractivity (Wildman–Crippen MR) is 59.7 cm³/mol. The van der Waals surface area contributed by atoms with E-state index in [0.29, 0.717) is 11.3 Å². The van der Waals surface area contributed by atoms with Crippen molar-refractivity contribution in [3.05, 3.63) is 23.0 Å². The summed E-state index contributed by atoms with van der Waals surface area (Å²) in [6.45, 7) is 7.94. The molecule has 0 saturated heterocycles. The van der Waals surface area contributed by atoms with Gasteiger partial charge in [-0.3, -0.25) is 4.98 Å². The second-order valence-electron chi connectivity index (χ2n) is 5.09. The van der Waals surface area contributed by atoms with Crippen molar-refractivity contribution >= 4 is 0 Å². The van der Waals surface area contributed by atoms with Crippen LogP contribution in [0.1, 0.15) is 37.6 Å². The van der Waals surface area contributed by atoms with Gasteiger partial charge in [0.15, 0.2) is 0 Å². The van der Waals surface area contributed by atoms with Crippen molar-refractivity contribution in [2.75, 3.05) is 0 Å². The minimum absolute atomic E-state index is 0.118. The Balaban J connectivity index is 3.14. The average Bonchev–Trinajstić information content (AvgIpc) is 2.10. The largest absolute Gasteiger partial charge is 0.506 e. The number of hydrogen-bond acceptors (Lipinski definition) is 3. The van der Waals surface area contributed by atoms with Crippen molar-refractivity contribution in [2.24, 2.45) is 5.41 Å². The van der Waals surface area contributed by atoms with Crippen LogP contribution in [0, 0.1) is 12.3 Å². The summed E-state index contributed by atoms with van der Waals surface area (Å²) in [4.78, 5) is 4.11. The molecule has 0 radical (unpaired) electrons. The van der Waals surface area contributed by atoms with Gasteiger partial charge in [0, 0.05) is 11.8 Å². The Morgan fingerprint density at radius 3 is 2.40 bits per heavy atom. The molecule has 0 amide bonds. The van der Waals surface area contributed by atoms with Crippen LogP contribution < -0.4 is 0 Å². The number of rotatable bonds is 2. The highest BCUT2D eigenvalue weighted by Gasteiger charge is 2.17. The maximum atomic E-state index is 9.75. The van der Waals surface area contributed by atoms with Crippen LogP contribution >= 0.6 is 0 Å². The second-order valence-corrected chi connectivity index (χ2v) is 5.09. The fraction of sp³-hybridized carbons (Fsp3) is 0.583. The Morgan fingerprint density at radius 2 is 1.93 bits per heavy atom. The number of aryl methyl sites for hydroxylation is 1. The minimum Gasteiger partial charge on any atom is -0.506 e. The van der Waals surface area contributed by atoms with E-state index in [2.05, 4.69) is 25.8 Å². The Labute approximate surface area is 90.8 Å². The van der Waals surface area contributed by atoms with E-state index in [1.807, 2.05) is 0 Å². The summed E-state index contributed by atoms with van der Waals surface area (Å²) in [6.07, 6.45) is 2.54. The van der Waals surface area contributed by atoms with E-state index < -0.39 is 0 Å². The number of aromatic hydroxyl groups is 1. The molecular formula is C12H19NO2. The van der Waals surface area contributed by atoms with E-state index in [-0.39, 0.29) is 17.8 Å². The lowest BCUT2D eigenvalue weighted by atomic mass is 9.87. The van der Waals surface area contributed by atoms with Crippen molar-refractivity contribution in [3.8, 4) is 5.75 Å². The van der Waals surface area contributed by atoms with Gasteiger partial charge in [-0.1, -0.05) is 20.8 Å². The van der Waals surface area contributed by atoms with Gasteiger partial charge in [0.25, 0.3) is 0 Å². The first-order chi connectivity index (χ1) is 6.85. The lowest BCUT2D eigenvalue weighted by molar-refractivity contribution is 0.271. The van der Waals surface area contributed by atoms with Gasteiger partial charge >= 0.3 is 0 Å². The zero-order chi connectivity index (χ0) is 11.6. The molecule has 0 bridgehead atoms. The number of nitrogens with zero attached hydrogens (tertiary/aromatic N) is 1. The highest BCUT2D eigenvalue weighted by Crippen LogP contribution is 2.28. The summed E-state index contributed by atoms with van der Waals surface area (Å²) in [5.41, 5.74) is 2.22. The number of pyridine rings is 1. The lowest BCUT2D eigenvalue weighted by Crippen LogP contribution is -2.12. The van der Waals surface area contributed by atoms with Gasteiger partial charge in [0.05, 0.1) is 12.3 Å². The molecule has 84 valence electrons. The summed E-state index contributed by atoms with van der Waals surface area (Å²) < 4.78 is 0. The van der Waals surface area contributed by atoms with Crippen molar-refractivity contribution < 1.29 is 10.2 Å². The molecule has 0 aliphatic heterocycles. The maximum absolute atomic E-state index is 9.75. The Hall–Kier alpha value is -1.09. The van der Waals surface area contributed by atoms with Crippen LogP contribution in [0.4, 0.5) is 0 Å². The quantitative estimate of drug-likeness (QED) is 0.785. The first-order valence-corrected chi connectivity index (χ1v) is 5.12. The molecule has 0 aromatic carbocycles. The summed E-state index contributed by atoms with van der Waals surface area (Å²) in [7, 11) is 0. The summed E-state index contributed by atoms with van der Waals surface area (Å²) in [5, 5.41) is 19.0. The number of aromatic nitrogens is 1. The number of hydrogen-bond donors (Lipinski definition) is 2. The highest BCUT2D eigenvalue weighted by atomic mass is 16.3. The van der Waals surface area contributed by atoms with Crippen LogP contribution in [0.5, 0.6) is 5.75 Å². The highest BCUT2D eigenvalue weighted by molar-refractivity contribution is 5.40. The maximum Gasteiger partial charge on any atom is 0.142 e. The summed E-state index contributed by atoms with van der Waals surface area (Å²) in [5.74, 6) is 0.124. The van der Waals surface area contributed by atoms with Gasteiger partial charge in [-0.15, -0.1) is 0 Å². The smallest absolute Gasteiger partial charge is 0.142 e. The standard InChI is InChI=1S/C12H19NO2/c1-8-11(15)10(7-14)9(6-13-8)5-12(2,3)4/h6,14-15H,5,7H2,1-4H3. The summed E-state index contributed by atoms with van der Waals surface area (Å²) in [6, 6.07) is 0. The van der Waals surface area contributed by atoms with Gasteiger partial charge in [-0.25, -0.2) is 0 Å². The third-order valence-electron chi connectivity index (χ3n) is 2.31. The molecule has 1 heterocycles. The molecule has 1 aromatic heterocycles. The normalized spacial score (nSPS) is 11.8. The van der Waals surface area contributed by atoms with E-state index in [9.17, 15) is 10.2 Å². The van der Waals surface area contributed by atoms with Gasteiger partial charge < -0.3 is 10.2 Å². The SMILES string of the molecule is Cc1ncc(CC(C)(C)C)c(CO)c1O. The monoisotopic (exact) mass is 209 g/mol. The number of aliphatic hydroxyl groups excluding tert-OH is 1. The third-order valence-corrected chi connectivity index (χ3v) is 2.31. The molecule has 3 nitrogen and oxygen atoms in total. The molecule has 0 saturated carbocycles. The molecular weight excluding hydrogens is 190 g/mol. The van der Waals surface area contributed by atoms with E-state index in [4.69, 9.17) is 0 Å². The van der Waals surface area contributed by atoms with Crippen molar-refractivity contribution in [1.82, 2.24) is 4.98 Å².